The Bertz CT molecular complexity index is 1570. The zero-order valence-corrected chi connectivity index (χ0v) is 23.3. The molecule has 1 fully saturated rings. The van der Waals surface area contributed by atoms with Gasteiger partial charge < -0.3 is 15.0 Å². The van der Waals surface area contributed by atoms with Gasteiger partial charge in [-0.15, -0.1) is 6.58 Å². The molecule has 9 nitrogen and oxygen atoms in total. The van der Waals surface area contributed by atoms with Crippen molar-refractivity contribution in [1.82, 2.24) is 24.3 Å². The summed E-state index contributed by atoms with van der Waals surface area (Å²) in [6.45, 7) is 9.32. The van der Waals surface area contributed by atoms with Crippen molar-refractivity contribution in [3.8, 4) is 5.82 Å². The van der Waals surface area contributed by atoms with Gasteiger partial charge in [0.15, 0.2) is 11.5 Å². The Kier molecular flexibility index (Phi) is 7.38. The minimum absolute atomic E-state index is 0.158. The Morgan fingerprint density at radius 2 is 1.90 bits per heavy atom. The van der Waals surface area contributed by atoms with E-state index in [4.69, 9.17) is 14.7 Å². The maximum Gasteiger partial charge on any atom is 0.278 e. The fourth-order valence-corrected chi connectivity index (χ4v) is 6.13. The largest absolute Gasteiger partial charge is 0.384 e. The Morgan fingerprint density at radius 3 is 2.62 bits per heavy atom. The normalized spacial score (nSPS) is 17.4. The number of fused-ring (bicyclic) bond motifs is 2. The third-order valence-corrected chi connectivity index (χ3v) is 8.34. The van der Waals surface area contributed by atoms with Gasteiger partial charge in [-0.2, -0.15) is 4.98 Å². The van der Waals surface area contributed by atoms with Gasteiger partial charge >= 0.3 is 0 Å². The van der Waals surface area contributed by atoms with E-state index in [1.165, 1.54) is 11.3 Å². The third kappa shape index (κ3) is 4.90. The fraction of sp³-hybridized carbons (Fsp3) is 0.419. The molecule has 0 bridgehead atoms. The van der Waals surface area contributed by atoms with Crippen LogP contribution in [0.2, 0.25) is 0 Å². The maximum absolute atomic E-state index is 13.3. The van der Waals surface area contributed by atoms with Crippen LogP contribution in [-0.4, -0.2) is 51.1 Å². The predicted octanol–water partition coefficient (Wildman–Crippen LogP) is 5.21. The second kappa shape index (κ2) is 11.3. The molecule has 4 heterocycles. The number of piperidine rings is 1. The van der Waals surface area contributed by atoms with E-state index in [9.17, 15) is 4.79 Å². The van der Waals surface area contributed by atoms with Gasteiger partial charge in [0.05, 0.1) is 6.54 Å². The summed E-state index contributed by atoms with van der Waals surface area (Å²) in [7, 11) is 1.78. The summed E-state index contributed by atoms with van der Waals surface area (Å²) in [5.41, 5.74) is 4.89. The number of hydrogen-bond donors (Lipinski definition) is 1. The van der Waals surface area contributed by atoms with Crippen molar-refractivity contribution in [2.24, 2.45) is 5.92 Å². The molecule has 0 spiro atoms. The number of nitrogens with one attached hydrogen (secondary N) is 1. The summed E-state index contributed by atoms with van der Waals surface area (Å²) >= 11 is 0. The molecule has 6 rings (SSSR count). The van der Waals surface area contributed by atoms with Crippen molar-refractivity contribution in [2.75, 3.05) is 37.0 Å². The molecule has 40 heavy (non-hydrogen) atoms. The van der Waals surface area contributed by atoms with E-state index in [-0.39, 0.29) is 5.56 Å². The molecule has 0 saturated carbocycles. The summed E-state index contributed by atoms with van der Waals surface area (Å²) < 4.78 is 8.78. The number of rotatable bonds is 9. The first-order chi connectivity index (χ1) is 19.6. The van der Waals surface area contributed by atoms with Crippen LogP contribution in [-0.2, 0) is 17.7 Å². The molecular formula is C31H37N7O2. The van der Waals surface area contributed by atoms with Crippen LogP contribution >= 0.6 is 0 Å². The van der Waals surface area contributed by atoms with E-state index in [0.29, 0.717) is 41.2 Å². The summed E-state index contributed by atoms with van der Waals surface area (Å²) in [5, 5.41) is 3.78. The number of aromatic nitrogens is 5. The van der Waals surface area contributed by atoms with E-state index >= 15 is 0 Å². The standard InChI is InChI=1S/C31H37N7O2/c1-4-16-37-30(39)26-19-32-31(33-24-9-11-25(12-10-24)36-17-14-21(15-18-36)20-40-3)35-29(26)38(37)27-13-8-23-7-6-22(5-2)28(23)34-27/h4,8-13,19,21-22H,1,5-7,14-18,20H2,2-3H3,(H,32,33,35). The molecule has 2 aliphatic rings. The van der Waals surface area contributed by atoms with Crippen LogP contribution in [0.5, 0.6) is 0 Å². The van der Waals surface area contributed by atoms with E-state index in [1.54, 1.807) is 24.1 Å². The van der Waals surface area contributed by atoms with Crippen LogP contribution in [0, 0.1) is 5.92 Å². The second-order valence-corrected chi connectivity index (χ2v) is 10.8. The van der Waals surface area contributed by atoms with Gasteiger partial charge in [-0.1, -0.05) is 19.1 Å². The van der Waals surface area contributed by atoms with Crippen molar-refractivity contribution in [3.63, 3.8) is 0 Å². The zero-order valence-electron chi connectivity index (χ0n) is 23.3. The number of nitrogens with zero attached hydrogens (tertiary/aromatic N) is 6. The first kappa shape index (κ1) is 26.3. The molecule has 0 amide bonds. The highest BCUT2D eigenvalue weighted by Crippen LogP contribution is 2.34. The van der Waals surface area contributed by atoms with Gasteiger partial charge in [-0.05, 0) is 73.9 Å². The minimum atomic E-state index is -0.158. The van der Waals surface area contributed by atoms with Gasteiger partial charge in [-0.3, -0.25) is 4.79 Å². The van der Waals surface area contributed by atoms with Crippen molar-refractivity contribution in [1.29, 1.82) is 0 Å². The molecule has 1 atom stereocenters. The van der Waals surface area contributed by atoms with E-state index in [1.807, 2.05) is 22.9 Å². The van der Waals surface area contributed by atoms with Crippen LogP contribution in [0.4, 0.5) is 17.3 Å². The lowest BCUT2D eigenvalue weighted by Crippen LogP contribution is -2.34. The molecule has 1 aliphatic heterocycles. The molecule has 4 aromatic rings. The average Bonchev–Trinajstić information content (AvgIpc) is 3.52. The number of ether oxygens (including phenoxy) is 1. The Morgan fingerprint density at radius 1 is 1.10 bits per heavy atom. The number of pyridine rings is 1. The summed E-state index contributed by atoms with van der Waals surface area (Å²) in [5.74, 6) is 2.21. The number of benzene rings is 1. The molecule has 0 radical (unpaired) electrons. The van der Waals surface area contributed by atoms with Gasteiger partial charge in [0.2, 0.25) is 5.95 Å². The molecule has 3 aromatic heterocycles. The molecule has 1 aliphatic carbocycles. The van der Waals surface area contributed by atoms with Crippen LogP contribution < -0.4 is 15.8 Å². The van der Waals surface area contributed by atoms with E-state index in [2.05, 4.69) is 46.9 Å². The Labute approximate surface area is 234 Å². The van der Waals surface area contributed by atoms with E-state index in [0.717, 1.165) is 63.2 Å². The van der Waals surface area contributed by atoms with Crippen LogP contribution in [0.15, 0.2) is 60.0 Å². The zero-order chi connectivity index (χ0) is 27.6. The fourth-order valence-electron chi connectivity index (χ4n) is 6.13. The minimum Gasteiger partial charge on any atom is -0.384 e. The third-order valence-electron chi connectivity index (χ3n) is 8.34. The second-order valence-electron chi connectivity index (χ2n) is 10.8. The van der Waals surface area contributed by atoms with Crippen LogP contribution in [0.1, 0.15) is 49.8 Å². The summed E-state index contributed by atoms with van der Waals surface area (Å²) in [4.78, 5) is 30.1. The number of methoxy groups -OCH3 is 1. The number of hydrogen-bond acceptors (Lipinski definition) is 7. The molecular weight excluding hydrogens is 502 g/mol. The highest BCUT2D eigenvalue weighted by molar-refractivity contribution is 5.77. The number of aryl methyl sites for hydroxylation is 1. The Hall–Kier alpha value is -3.98. The van der Waals surface area contributed by atoms with Crippen molar-refractivity contribution < 1.29 is 4.74 Å². The molecule has 208 valence electrons. The lowest BCUT2D eigenvalue weighted by Gasteiger charge is -2.33. The number of anilines is 3. The highest BCUT2D eigenvalue weighted by atomic mass is 16.5. The molecule has 1 aromatic carbocycles. The summed E-state index contributed by atoms with van der Waals surface area (Å²) in [6.07, 6.45) is 8.83. The topological polar surface area (TPSA) is 90.1 Å². The summed E-state index contributed by atoms with van der Waals surface area (Å²) in [6, 6.07) is 12.5. The van der Waals surface area contributed by atoms with E-state index < -0.39 is 0 Å². The molecule has 1 N–H and O–H groups in total. The van der Waals surface area contributed by atoms with Gasteiger partial charge in [0, 0.05) is 56.0 Å². The van der Waals surface area contributed by atoms with Gasteiger partial charge in [0.1, 0.15) is 5.39 Å². The van der Waals surface area contributed by atoms with Gasteiger partial charge in [-0.25, -0.2) is 19.3 Å². The number of allylic oxidation sites excluding steroid dienone is 1. The van der Waals surface area contributed by atoms with Crippen LogP contribution in [0.25, 0.3) is 16.9 Å². The van der Waals surface area contributed by atoms with Crippen LogP contribution in [0.3, 0.4) is 0 Å². The van der Waals surface area contributed by atoms with Gasteiger partial charge in [0.25, 0.3) is 5.56 Å². The quantitative estimate of drug-likeness (QED) is 0.292. The molecule has 9 heteroatoms. The van der Waals surface area contributed by atoms with Crippen molar-refractivity contribution in [2.45, 2.75) is 51.5 Å². The molecule has 1 unspecified atom stereocenters. The SMILES string of the molecule is C=CCn1c(=O)c2cnc(Nc3ccc(N4CCC(COC)CC4)cc3)nc2n1-c1ccc2c(n1)C(CC)CC2. The first-order valence-electron chi connectivity index (χ1n) is 14.3. The average molecular weight is 540 g/mol. The van der Waals surface area contributed by atoms with Crippen molar-refractivity contribution in [3.05, 3.63) is 76.9 Å². The lowest BCUT2D eigenvalue weighted by molar-refractivity contribution is 0.139. The predicted molar refractivity (Wildman–Crippen MR) is 159 cm³/mol. The highest BCUT2D eigenvalue weighted by Gasteiger charge is 2.25. The Balaban J connectivity index is 1.29. The maximum atomic E-state index is 13.3. The smallest absolute Gasteiger partial charge is 0.278 e. The lowest BCUT2D eigenvalue weighted by atomic mass is 9.97. The first-order valence-corrected chi connectivity index (χ1v) is 14.3. The molecule has 1 saturated heterocycles. The monoisotopic (exact) mass is 539 g/mol. The van der Waals surface area contributed by atoms with Crippen molar-refractivity contribution >= 4 is 28.4 Å².